The third kappa shape index (κ3) is 2.26. The van der Waals surface area contributed by atoms with Crippen molar-refractivity contribution in [3.63, 3.8) is 0 Å². The average Bonchev–Trinajstić information content (AvgIpc) is 2.61. The van der Waals surface area contributed by atoms with E-state index in [-0.39, 0.29) is 0 Å². The Hall–Kier alpha value is -1.31. The first-order valence-electron chi connectivity index (χ1n) is 6.25. The smallest absolute Gasteiger partial charge is 0.106 e. The van der Waals surface area contributed by atoms with Gasteiger partial charge in [0.05, 0.1) is 11.0 Å². The highest BCUT2D eigenvalue weighted by Gasteiger charge is 2.05. The maximum atomic E-state index is 4.57. The molecule has 2 rings (SSSR count). The fourth-order valence-corrected chi connectivity index (χ4v) is 2.17. The highest BCUT2D eigenvalue weighted by molar-refractivity contribution is 5.75. The summed E-state index contributed by atoms with van der Waals surface area (Å²) >= 11 is 0. The summed E-state index contributed by atoms with van der Waals surface area (Å²) in [6.45, 7) is 5.45. The van der Waals surface area contributed by atoms with Crippen LogP contribution in [0.4, 0.5) is 0 Å². The lowest BCUT2D eigenvalue weighted by Gasteiger charge is -2.06. The van der Waals surface area contributed by atoms with Crippen LogP contribution in [0.15, 0.2) is 24.3 Å². The van der Waals surface area contributed by atoms with Crippen molar-refractivity contribution < 1.29 is 0 Å². The Morgan fingerprint density at radius 2 is 1.94 bits per heavy atom. The van der Waals surface area contributed by atoms with Gasteiger partial charge in [-0.1, -0.05) is 38.3 Å². The number of fused-ring (bicyclic) bond motifs is 1. The molecule has 0 aliphatic heterocycles. The number of hydrogen-bond donors (Lipinski definition) is 0. The molecule has 0 aliphatic carbocycles. The molecule has 0 aliphatic rings. The Labute approximate surface area is 97.3 Å². The van der Waals surface area contributed by atoms with Crippen molar-refractivity contribution in [1.29, 1.82) is 0 Å². The van der Waals surface area contributed by atoms with Crippen LogP contribution in [0.5, 0.6) is 0 Å². The van der Waals surface area contributed by atoms with Gasteiger partial charge in [-0.25, -0.2) is 4.98 Å². The van der Waals surface area contributed by atoms with Gasteiger partial charge in [-0.2, -0.15) is 0 Å². The van der Waals surface area contributed by atoms with Crippen LogP contribution in [0.1, 0.15) is 38.4 Å². The topological polar surface area (TPSA) is 17.8 Å². The first kappa shape index (κ1) is 11.2. The summed E-state index contributed by atoms with van der Waals surface area (Å²) in [6, 6.07) is 8.39. The quantitative estimate of drug-likeness (QED) is 0.692. The van der Waals surface area contributed by atoms with Crippen molar-refractivity contribution >= 4 is 11.0 Å². The fraction of sp³-hybridized carbons (Fsp3) is 0.500. The monoisotopic (exact) mass is 216 g/mol. The summed E-state index contributed by atoms with van der Waals surface area (Å²) < 4.78 is 2.34. The lowest BCUT2D eigenvalue weighted by atomic mass is 10.2. The summed E-state index contributed by atoms with van der Waals surface area (Å²) in [6.07, 6.45) is 5.22. The largest absolute Gasteiger partial charge is 0.328 e. The van der Waals surface area contributed by atoms with Crippen molar-refractivity contribution in [2.75, 3.05) is 0 Å². The van der Waals surface area contributed by atoms with E-state index in [2.05, 4.69) is 47.7 Å². The minimum absolute atomic E-state index is 1.10. The molecule has 0 fully saturated rings. The van der Waals surface area contributed by atoms with Crippen molar-refractivity contribution in [1.82, 2.24) is 9.55 Å². The Kier molecular flexibility index (Phi) is 3.60. The van der Waals surface area contributed by atoms with E-state index in [1.165, 1.54) is 31.2 Å². The second kappa shape index (κ2) is 5.15. The molecule has 0 saturated carbocycles. The molecule has 0 amide bonds. The van der Waals surface area contributed by atoms with Crippen molar-refractivity contribution in [3.05, 3.63) is 30.1 Å². The Morgan fingerprint density at radius 3 is 2.75 bits per heavy atom. The van der Waals surface area contributed by atoms with Crippen LogP contribution >= 0.6 is 0 Å². The molecule has 0 spiro atoms. The van der Waals surface area contributed by atoms with Crippen molar-refractivity contribution in [3.8, 4) is 0 Å². The van der Waals surface area contributed by atoms with Gasteiger partial charge in [0.15, 0.2) is 0 Å². The first-order chi connectivity index (χ1) is 7.83. The number of benzene rings is 1. The maximum Gasteiger partial charge on any atom is 0.106 e. The van der Waals surface area contributed by atoms with Gasteiger partial charge in [-0.3, -0.25) is 0 Å². The molecule has 1 heterocycles. The number of nitrogens with zero attached hydrogens (tertiary/aromatic N) is 2. The van der Waals surface area contributed by atoms with E-state index in [4.69, 9.17) is 0 Å². The summed E-state index contributed by atoms with van der Waals surface area (Å²) in [5.41, 5.74) is 2.40. The summed E-state index contributed by atoms with van der Waals surface area (Å²) in [4.78, 5) is 4.57. The van der Waals surface area contributed by atoms with Crippen LogP contribution in [-0.4, -0.2) is 9.55 Å². The third-order valence-electron chi connectivity index (χ3n) is 3.08. The third-order valence-corrected chi connectivity index (χ3v) is 3.08. The number of para-hydroxylation sites is 2. The highest BCUT2D eigenvalue weighted by Crippen LogP contribution is 2.16. The van der Waals surface area contributed by atoms with Gasteiger partial charge in [0.2, 0.25) is 0 Å². The van der Waals surface area contributed by atoms with E-state index in [1.807, 2.05) is 0 Å². The maximum absolute atomic E-state index is 4.57. The zero-order valence-corrected chi connectivity index (χ0v) is 10.2. The second-order valence-corrected chi connectivity index (χ2v) is 4.36. The van der Waals surface area contributed by atoms with Crippen LogP contribution in [0.3, 0.4) is 0 Å². The molecule has 0 bridgehead atoms. The van der Waals surface area contributed by atoms with Gasteiger partial charge in [0, 0.05) is 6.54 Å². The van der Waals surface area contributed by atoms with E-state index in [0.29, 0.717) is 0 Å². The fourth-order valence-electron chi connectivity index (χ4n) is 2.17. The van der Waals surface area contributed by atoms with Crippen molar-refractivity contribution in [2.24, 2.45) is 0 Å². The molecule has 2 aromatic rings. The number of hydrogen-bond acceptors (Lipinski definition) is 1. The number of unbranched alkanes of at least 4 members (excludes halogenated alkanes) is 3. The normalized spacial score (nSPS) is 11.1. The molecule has 1 aromatic heterocycles. The van der Waals surface area contributed by atoms with Gasteiger partial charge >= 0.3 is 0 Å². The molecular weight excluding hydrogens is 196 g/mol. The Bertz CT molecular complexity index is 457. The van der Waals surface area contributed by atoms with Crippen LogP contribution in [0, 0.1) is 6.92 Å². The SMILES string of the molecule is CCCCCCn1c(C)nc2ccccc21. The molecule has 0 atom stereocenters. The molecule has 1 aromatic carbocycles. The molecule has 2 nitrogen and oxygen atoms in total. The zero-order chi connectivity index (χ0) is 11.4. The van der Waals surface area contributed by atoms with Gasteiger partial charge in [-0.05, 0) is 25.5 Å². The minimum atomic E-state index is 1.10. The van der Waals surface area contributed by atoms with E-state index < -0.39 is 0 Å². The highest BCUT2D eigenvalue weighted by atomic mass is 15.1. The standard InChI is InChI=1S/C14H20N2/c1-3-4-5-8-11-16-12(2)15-13-9-6-7-10-14(13)16/h6-7,9-10H,3-5,8,11H2,1-2H3. The van der Waals surface area contributed by atoms with Crippen LogP contribution in [0.25, 0.3) is 11.0 Å². The van der Waals surface area contributed by atoms with Crippen LogP contribution < -0.4 is 0 Å². The predicted molar refractivity (Wildman–Crippen MR) is 68.6 cm³/mol. The molecule has 86 valence electrons. The van der Waals surface area contributed by atoms with E-state index in [0.717, 1.165) is 17.9 Å². The van der Waals surface area contributed by atoms with Crippen LogP contribution in [-0.2, 0) is 6.54 Å². The molecule has 0 radical (unpaired) electrons. The van der Waals surface area contributed by atoms with Gasteiger partial charge in [0.1, 0.15) is 5.82 Å². The minimum Gasteiger partial charge on any atom is -0.328 e. The lowest BCUT2D eigenvalue weighted by molar-refractivity contribution is 0.582. The lowest BCUT2D eigenvalue weighted by Crippen LogP contribution is -2.00. The number of imidazole rings is 1. The average molecular weight is 216 g/mol. The number of aromatic nitrogens is 2. The molecule has 2 heteroatoms. The molecule has 0 unspecified atom stereocenters. The number of rotatable bonds is 5. The molecule has 0 N–H and O–H groups in total. The van der Waals surface area contributed by atoms with Crippen LogP contribution in [0.2, 0.25) is 0 Å². The summed E-state index contributed by atoms with van der Waals surface area (Å²) in [5.74, 6) is 1.14. The molecular formula is C14H20N2. The number of aryl methyl sites for hydroxylation is 2. The van der Waals surface area contributed by atoms with Gasteiger partial charge in [-0.15, -0.1) is 0 Å². The molecule has 0 saturated heterocycles. The van der Waals surface area contributed by atoms with Gasteiger partial charge < -0.3 is 4.57 Å². The Morgan fingerprint density at radius 1 is 1.12 bits per heavy atom. The first-order valence-corrected chi connectivity index (χ1v) is 6.25. The van der Waals surface area contributed by atoms with E-state index >= 15 is 0 Å². The zero-order valence-electron chi connectivity index (χ0n) is 10.2. The van der Waals surface area contributed by atoms with Crippen molar-refractivity contribution in [2.45, 2.75) is 46.1 Å². The van der Waals surface area contributed by atoms with E-state index in [9.17, 15) is 0 Å². The summed E-state index contributed by atoms with van der Waals surface area (Å²) in [7, 11) is 0. The predicted octanol–water partition coefficient (Wildman–Crippen LogP) is 3.93. The van der Waals surface area contributed by atoms with Gasteiger partial charge in [0.25, 0.3) is 0 Å². The second-order valence-electron chi connectivity index (χ2n) is 4.36. The Balaban J connectivity index is 2.13. The summed E-state index contributed by atoms with van der Waals surface area (Å²) in [5, 5.41) is 0. The van der Waals surface area contributed by atoms with E-state index in [1.54, 1.807) is 0 Å². The molecule has 16 heavy (non-hydrogen) atoms.